The van der Waals surface area contributed by atoms with Gasteiger partial charge in [0.1, 0.15) is 6.54 Å². The number of ether oxygens (including phenoxy) is 1. The predicted molar refractivity (Wildman–Crippen MR) is 84.9 cm³/mol. The second kappa shape index (κ2) is 7.42. The van der Waals surface area contributed by atoms with Crippen LogP contribution in [0.1, 0.15) is 5.69 Å². The Kier molecular flexibility index (Phi) is 5.30. The van der Waals surface area contributed by atoms with Gasteiger partial charge in [-0.15, -0.1) is 0 Å². The second-order valence-electron chi connectivity index (χ2n) is 6.54. The molecule has 3 rings (SSSR count). The molecule has 1 aromatic rings. The Morgan fingerprint density at radius 3 is 2.74 bits per heavy atom. The molecule has 0 aliphatic carbocycles. The van der Waals surface area contributed by atoms with Crippen molar-refractivity contribution in [3.8, 4) is 0 Å². The van der Waals surface area contributed by atoms with E-state index in [1.807, 2.05) is 17.9 Å². The third-order valence-electron chi connectivity index (χ3n) is 4.97. The molecule has 7 heteroatoms. The van der Waals surface area contributed by atoms with Gasteiger partial charge in [-0.1, -0.05) is 0 Å². The summed E-state index contributed by atoms with van der Waals surface area (Å²) in [5, 5.41) is 13.8. The van der Waals surface area contributed by atoms with Crippen molar-refractivity contribution in [3.05, 3.63) is 18.0 Å². The summed E-state index contributed by atoms with van der Waals surface area (Å²) in [6.07, 6.45) is 1.71. The molecule has 23 heavy (non-hydrogen) atoms. The first-order valence-electron chi connectivity index (χ1n) is 8.34. The van der Waals surface area contributed by atoms with Crippen LogP contribution in [0.5, 0.6) is 0 Å². The molecule has 2 fully saturated rings. The van der Waals surface area contributed by atoms with E-state index in [0.717, 1.165) is 45.1 Å². The van der Waals surface area contributed by atoms with Crippen molar-refractivity contribution in [1.29, 1.82) is 0 Å². The Morgan fingerprint density at radius 2 is 2.09 bits per heavy atom. The van der Waals surface area contributed by atoms with Crippen LogP contribution < -0.4 is 0 Å². The fraction of sp³-hybridized carbons (Fsp3) is 0.750. The molecule has 0 radical (unpaired) electrons. The van der Waals surface area contributed by atoms with Crippen molar-refractivity contribution in [2.45, 2.75) is 13.5 Å². The smallest absolute Gasteiger partial charge is 0.244 e. The van der Waals surface area contributed by atoms with E-state index in [1.54, 1.807) is 10.9 Å². The molecule has 1 amide bonds. The van der Waals surface area contributed by atoms with Gasteiger partial charge in [-0.2, -0.15) is 5.10 Å². The minimum atomic E-state index is 0.0831. The van der Waals surface area contributed by atoms with Gasteiger partial charge in [0.05, 0.1) is 13.2 Å². The van der Waals surface area contributed by atoms with Gasteiger partial charge in [-0.3, -0.25) is 14.4 Å². The number of carbonyl (C=O) groups excluding carboxylic acids is 1. The zero-order valence-corrected chi connectivity index (χ0v) is 13.7. The van der Waals surface area contributed by atoms with Gasteiger partial charge < -0.3 is 14.7 Å². The first-order chi connectivity index (χ1) is 11.2. The average Bonchev–Trinajstić information content (AvgIpc) is 3.15. The summed E-state index contributed by atoms with van der Waals surface area (Å²) in [5.74, 6) is 0.584. The molecule has 1 N–H and O–H groups in total. The number of carbonyl (C=O) groups is 1. The summed E-state index contributed by atoms with van der Waals surface area (Å²) in [7, 11) is 0. The molecule has 2 saturated heterocycles. The highest BCUT2D eigenvalue weighted by molar-refractivity contribution is 5.76. The standard InChI is InChI=1S/C16H26N4O3/c1-13-2-3-17-20(13)11-16(22)19-9-14(15(10-19)12-21)8-18-4-6-23-7-5-18/h2-3,14-15,21H,4-12H2,1H3/t14-,15-/m1/s1. The van der Waals surface area contributed by atoms with Crippen molar-refractivity contribution >= 4 is 5.91 Å². The molecule has 0 unspecified atom stereocenters. The average molecular weight is 322 g/mol. The highest BCUT2D eigenvalue weighted by Gasteiger charge is 2.36. The lowest BCUT2D eigenvalue weighted by molar-refractivity contribution is -0.131. The molecule has 128 valence electrons. The third kappa shape index (κ3) is 3.91. The van der Waals surface area contributed by atoms with Crippen LogP contribution in [0.15, 0.2) is 12.3 Å². The first-order valence-corrected chi connectivity index (χ1v) is 8.34. The summed E-state index contributed by atoms with van der Waals surface area (Å²) in [6.45, 7) is 8.09. The minimum Gasteiger partial charge on any atom is -0.396 e. The number of aliphatic hydroxyl groups is 1. The predicted octanol–water partition coefficient (Wildman–Crippen LogP) is -0.409. The van der Waals surface area contributed by atoms with Crippen molar-refractivity contribution in [2.24, 2.45) is 11.8 Å². The minimum absolute atomic E-state index is 0.0831. The maximum absolute atomic E-state index is 12.5. The van der Waals surface area contributed by atoms with E-state index in [0.29, 0.717) is 12.5 Å². The van der Waals surface area contributed by atoms with Gasteiger partial charge in [0, 0.05) is 57.1 Å². The van der Waals surface area contributed by atoms with Crippen LogP contribution in [0.4, 0.5) is 0 Å². The number of hydrogen-bond acceptors (Lipinski definition) is 5. The largest absolute Gasteiger partial charge is 0.396 e. The lowest BCUT2D eigenvalue weighted by Crippen LogP contribution is -2.41. The summed E-state index contributed by atoms with van der Waals surface area (Å²) < 4.78 is 7.11. The molecular formula is C16H26N4O3. The van der Waals surface area contributed by atoms with E-state index in [4.69, 9.17) is 4.74 Å². The third-order valence-corrected chi connectivity index (χ3v) is 4.97. The number of aliphatic hydroxyl groups excluding tert-OH is 1. The fourth-order valence-electron chi connectivity index (χ4n) is 3.46. The number of rotatable bonds is 5. The van der Waals surface area contributed by atoms with E-state index >= 15 is 0 Å². The van der Waals surface area contributed by atoms with Gasteiger partial charge in [-0.05, 0) is 18.9 Å². The Labute approximate surface area is 136 Å². The van der Waals surface area contributed by atoms with Crippen LogP contribution in [0.2, 0.25) is 0 Å². The van der Waals surface area contributed by atoms with Crippen molar-refractivity contribution in [3.63, 3.8) is 0 Å². The number of amides is 1. The van der Waals surface area contributed by atoms with Crippen LogP contribution in [0.25, 0.3) is 0 Å². The quantitative estimate of drug-likeness (QED) is 0.798. The Bertz CT molecular complexity index is 527. The lowest BCUT2D eigenvalue weighted by Gasteiger charge is -2.30. The monoisotopic (exact) mass is 322 g/mol. The van der Waals surface area contributed by atoms with Gasteiger partial charge in [0.15, 0.2) is 0 Å². The van der Waals surface area contributed by atoms with Crippen LogP contribution in [-0.4, -0.2) is 83.1 Å². The molecule has 0 bridgehead atoms. The van der Waals surface area contributed by atoms with Crippen molar-refractivity contribution in [2.75, 3.05) is 52.5 Å². The number of aromatic nitrogens is 2. The zero-order chi connectivity index (χ0) is 16.2. The van der Waals surface area contributed by atoms with Crippen LogP contribution in [-0.2, 0) is 16.1 Å². The van der Waals surface area contributed by atoms with Crippen molar-refractivity contribution < 1.29 is 14.6 Å². The van der Waals surface area contributed by atoms with Crippen LogP contribution in [0.3, 0.4) is 0 Å². The van der Waals surface area contributed by atoms with E-state index in [-0.39, 0.29) is 25.0 Å². The number of hydrogen-bond donors (Lipinski definition) is 1. The molecule has 1 aromatic heterocycles. The maximum Gasteiger partial charge on any atom is 0.244 e. The molecule has 2 atom stereocenters. The summed E-state index contributed by atoms with van der Waals surface area (Å²) >= 11 is 0. The molecular weight excluding hydrogens is 296 g/mol. The Morgan fingerprint density at radius 1 is 1.35 bits per heavy atom. The van der Waals surface area contributed by atoms with E-state index < -0.39 is 0 Å². The molecule has 2 aliphatic rings. The van der Waals surface area contributed by atoms with E-state index in [1.165, 1.54) is 0 Å². The zero-order valence-electron chi connectivity index (χ0n) is 13.7. The lowest BCUT2D eigenvalue weighted by atomic mass is 9.96. The Balaban J connectivity index is 1.57. The van der Waals surface area contributed by atoms with Gasteiger partial charge in [0.25, 0.3) is 0 Å². The number of aryl methyl sites for hydroxylation is 1. The Hall–Kier alpha value is -1.44. The topological polar surface area (TPSA) is 70.8 Å². The normalized spacial score (nSPS) is 25.9. The molecule has 3 heterocycles. The molecule has 0 saturated carbocycles. The highest BCUT2D eigenvalue weighted by atomic mass is 16.5. The summed E-state index contributed by atoms with van der Waals surface area (Å²) in [6, 6.07) is 1.90. The second-order valence-corrected chi connectivity index (χ2v) is 6.54. The number of morpholine rings is 1. The van der Waals surface area contributed by atoms with Gasteiger partial charge >= 0.3 is 0 Å². The number of nitrogens with zero attached hydrogens (tertiary/aromatic N) is 4. The summed E-state index contributed by atoms with van der Waals surface area (Å²) in [5.41, 5.74) is 0.987. The van der Waals surface area contributed by atoms with Gasteiger partial charge in [-0.25, -0.2) is 0 Å². The molecule has 2 aliphatic heterocycles. The SMILES string of the molecule is Cc1ccnn1CC(=O)N1C[C@@H](CN2CCOCC2)[C@@H](CO)C1. The molecule has 7 nitrogen and oxygen atoms in total. The fourth-order valence-corrected chi connectivity index (χ4v) is 3.46. The molecule has 0 spiro atoms. The number of likely N-dealkylation sites (tertiary alicyclic amines) is 1. The van der Waals surface area contributed by atoms with Crippen LogP contribution >= 0.6 is 0 Å². The first kappa shape index (κ1) is 16.4. The van der Waals surface area contributed by atoms with E-state index in [2.05, 4.69) is 10.00 Å². The van der Waals surface area contributed by atoms with E-state index in [9.17, 15) is 9.90 Å². The van der Waals surface area contributed by atoms with Crippen LogP contribution in [0, 0.1) is 18.8 Å². The highest BCUT2D eigenvalue weighted by Crippen LogP contribution is 2.25. The maximum atomic E-state index is 12.5. The van der Waals surface area contributed by atoms with Gasteiger partial charge in [0.2, 0.25) is 5.91 Å². The van der Waals surface area contributed by atoms with Crippen molar-refractivity contribution in [1.82, 2.24) is 19.6 Å². The molecule has 0 aromatic carbocycles. The summed E-state index contributed by atoms with van der Waals surface area (Å²) in [4.78, 5) is 16.8.